The molecule has 3 rings (SSSR count). The molecule has 0 spiro atoms. The largest absolute Gasteiger partial charge is 0.369 e. The molecule has 2 unspecified atom stereocenters. The molecule has 2 aliphatic rings. The number of carbonyl (C=O) groups is 1. The van der Waals surface area contributed by atoms with Gasteiger partial charge in [-0.1, -0.05) is 12.2 Å². The number of rotatable bonds is 3. The van der Waals surface area contributed by atoms with Crippen LogP contribution >= 0.6 is 11.6 Å². The molecule has 2 bridgehead atoms. The normalized spacial score (nSPS) is 31.7. The third-order valence-electron chi connectivity index (χ3n) is 3.81. The van der Waals surface area contributed by atoms with Gasteiger partial charge in [0.05, 0.1) is 12.1 Å². The van der Waals surface area contributed by atoms with Crippen LogP contribution in [0.25, 0.3) is 0 Å². The molecule has 0 aliphatic heterocycles. The van der Waals surface area contributed by atoms with Crippen LogP contribution in [0.5, 0.6) is 0 Å². The van der Waals surface area contributed by atoms with E-state index in [-0.39, 0.29) is 40.8 Å². The van der Waals surface area contributed by atoms with Gasteiger partial charge in [-0.15, -0.1) is 0 Å². The van der Waals surface area contributed by atoms with Gasteiger partial charge in [0.1, 0.15) is 0 Å². The highest BCUT2D eigenvalue weighted by atomic mass is 35.5. The quantitative estimate of drug-likeness (QED) is 0.648. The van der Waals surface area contributed by atoms with Gasteiger partial charge in [-0.25, -0.2) is 9.37 Å². The molecule has 0 radical (unpaired) electrons. The van der Waals surface area contributed by atoms with E-state index in [1.54, 1.807) is 0 Å². The smallest absolute Gasteiger partial charge is 0.224 e. The predicted octanol–water partition coefficient (Wildman–Crippen LogP) is 1.36. The van der Waals surface area contributed by atoms with Gasteiger partial charge in [0, 0.05) is 6.04 Å². The molecule has 2 aliphatic carbocycles. The number of amides is 1. The second-order valence-electron chi connectivity index (χ2n) is 4.88. The standard InChI is InChI=1S/C12H12ClFN4O/c13-12-16-4-7(14)11(18-12)17-9-6-2-1-5(3-6)8(9)10(15)19/h1-2,4-6,8-9H,3H2,(H2,15,19)(H,16,17,18)/t5-,6+,8?,9?/m0/s1. The molecule has 19 heavy (non-hydrogen) atoms. The summed E-state index contributed by atoms with van der Waals surface area (Å²) in [6.45, 7) is 0. The third kappa shape index (κ3) is 2.06. The van der Waals surface area contributed by atoms with Gasteiger partial charge in [0.25, 0.3) is 0 Å². The SMILES string of the molecule is NC(=O)C1C(Nc2nc(Cl)ncc2F)[C@@H]2C=C[C@H]1C2. The third-order valence-corrected chi connectivity index (χ3v) is 3.99. The minimum Gasteiger partial charge on any atom is -0.369 e. The lowest BCUT2D eigenvalue weighted by atomic mass is 9.88. The lowest BCUT2D eigenvalue weighted by Gasteiger charge is -2.27. The van der Waals surface area contributed by atoms with E-state index in [9.17, 15) is 9.18 Å². The molecule has 100 valence electrons. The van der Waals surface area contributed by atoms with Crippen molar-refractivity contribution in [2.45, 2.75) is 12.5 Å². The second kappa shape index (κ2) is 4.45. The average molecular weight is 283 g/mol. The summed E-state index contributed by atoms with van der Waals surface area (Å²) < 4.78 is 13.6. The van der Waals surface area contributed by atoms with Crippen LogP contribution in [0.3, 0.4) is 0 Å². The minimum atomic E-state index is -0.598. The van der Waals surface area contributed by atoms with Crippen molar-refractivity contribution in [3.8, 4) is 0 Å². The molecule has 4 atom stereocenters. The highest BCUT2D eigenvalue weighted by molar-refractivity contribution is 6.28. The lowest BCUT2D eigenvalue weighted by Crippen LogP contribution is -2.41. The van der Waals surface area contributed by atoms with Crippen LogP contribution in [0.1, 0.15) is 6.42 Å². The molecular formula is C12H12ClFN4O. The number of hydrogen-bond acceptors (Lipinski definition) is 4. The molecule has 1 aromatic rings. The Hall–Kier alpha value is -1.69. The number of aromatic nitrogens is 2. The molecule has 1 aromatic heterocycles. The Morgan fingerprint density at radius 2 is 2.21 bits per heavy atom. The van der Waals surface area contributed by atoms with Crippen LogP contribution in [0.2, 0.25) is 5.28 Å². The molecular weight excluding hydrogens is 271 g/mol. The number of allylic oxidation sites excluding steroid dienone is 1. The average Bonchev–Trinajstić information content (AvgIpc) is 2.94. The first-order valence-corrected chi connectivity index (χ1v) is 6.36. The van der Waals surface area contributed by atoms with E-state index in [0.29, 0.717) is 0 Å². The van der Waals surface area contributed by atoms with Gasteiger partial charge in [0.15, 0.2) is 11.6 Å². The van der Waals surface area contributed by atoms with E-state index in [1.807, 2.05) is 12.2 Å². The van der Waals surface area contributed by atoms with E-state index >= 15 is 0 Å². The number of nitrogens with zero attached hydrogens (tertiary/aromatic N) is 2. The summed E-state index contributed by atoms with van der Waals surface area (Å²) in [5, 5.41) is 2.91. The highest BCUT2D eigenvalue weighted by Gasteiger charge is 2.47. The van der Waals surface area contributed by atoms with Gasteiger partial charge in [-0.05, 0) is 29.9 Å². The molecule has 1 heterocycles. The van der Waals surface area contributed by atoms with Crippen LogP contribution in [0.4, 0.5) is 10.2 Å². The van der Waals surface area contributed by atoms with E-state index in [2.05, 4.69) is 15.3 Å². The summed E-state index contributed by atoms with van der Waals surface area (Å²) in [5.41, 5.74) is 5.43. The predicted molar refractivity (Wildman–Crippen MR) is 67.8 cm³/mol. The number of nitrogens with one attached hydrogen (secondary N) is 1. The number of hydrogen-bond donors (Lipinski definition) is 2. The van der Waals surface area contributed by atoms with Gasteiger partial charge >= 0.3 is 0 Å². The van der Waals surface area contributed by atoms with Crippen molar-refractivity contribution in [3.05, 3.63) is 29.4 Å². The topological polar surface area (TPSA) is 80.9 Å². The number of primary amides is 1. The Kier molecular flexibility index (Phi) is 2.89. The van der Waals surface area contributed by atoms with Gasteiger partial charge in [-0.2, -0.15) is 4.98 Å². The summed E-state index contributed by atoms with van der Waals surface area (Å²) in [5.74, 6) is -1.02. The van der Waals surface area contributed by atoms with Crippen LogP contribution < -0.4 is 11.1 Å². The van der Waals surface area contributed by atoms with Crippen molar-refractivity contribution in [1.29, 1.82) is 0 Å². The summed E-state index contributed by atoms with van der Waals surface area (Å²) in [6.07, 6.45) is 5.88. The maximum atomic E-state index is 13.6. The molecule has 0 aromatic carbocycles. The fourth-order valence-electron chi connectivity index (χ4n) is 3.01. The fraction of sp³-hybridized carbons (Fsp3) is 0.417. The Morgan fingerprint density at radius 1 is 1.47 bits per heavy atom. The molecule has 3 N–H and O–H groups in total. The Morgan fingerprint density at radius 3 is 2.95 bits per heavy atom. The van der Waals surface area contributed by atoms with E-state index in [1.165, 1.54) is 0 Å². The molecule has 5 nitrogen and oxygen atoms in total. The van der Waals surface area contributed by atoms with Crippen molar-refractivity contribution in [3.63, 3.8) is 0 Å². The van der Waals surface area contributed by atoms with E-state index in [4.69, 9.17) is 17.3 Å². The van der Waals surface area contributed by atoms with Crippen molar-refractivity contribution in [2.75, 3.05) is 5.32 Å². The van der Waals surface area contributed by atoms with Crippen molar-refractivity contribution >= 4 is 23.3 Å². The summed E-state index contributed by atoms with van der Waals surface area (Å²) in [6, 6.07) is -0.243. The summed E-state index contributed by atoms with van der Waals surface area (Å²) in [4.78, 5) is 18.9. The molecule has 0 saturated heterocycles. The number of halogens is 2. The number of nitrogens with two attached hydrogens (primary N) is 1. The number of fused-ring (bicyclic) bond motifs is 2. The van der Waals surface area contributed by atoms with E-state index < -0.39 is 5.82 Å². The van der Waals surface area contributed by atoms with E-state index in [0.717, 1.165) is 12.6 Å². The van der Waals surface area contributed by atoms with Crippen LogP contribution in [0, 0.1) is 23.6 Å². The Bertz CT molecular complexity index is 565. The lowest BCUT2D eigenvalue weighted by molar-refractivity contribution is -0.122. The van der Waals surface area contributed by atoms with Crippen LogP contribution in [-0.2, 0) is 4.79 Å². The minimum absolute atomic E-state index is 0.0113. The van der Waals surface area contributed by atoms with Gasteiger partial charge < -0.3 is 11.1 Å². The zero-order chi connectivity index (χ0) is 13.6. The molecule has 1 amide bonds. The van der Waals surface area contributed by atoms with Gasteiger partial charge in [0.2, 0.25) is 11.2 Å². The number of anilines is 1. The molecule has 1 saturated carbocycles. The monoisotopic (exact) mass is 282 g/mol. The zero-order valence-electron chi connectivity index (χ0n) is 9.88. The maximum absolute atomic E-state index is 13.6. The first-order chi connectivity index (χ1) is 9.06. The Balaban J connectivity index is 1.88. The zero-order valence-corrected chi connectivity index (χ0v) is 10.6. The van der Waals surface area contributed by atoms with Crippen LogP contribution in [-0.4, -0.2) is 21.9 Å². The first-order valence-electron chi connectivity index (χ1n) is 5.98. The summed E-state index contributed by atoms with van der Waals surface area (Å²) in [7, 11) is 0. The Labute approximate surface area is 114 Å². The maximum Gasteiger partial charge on any atom is 0.224 e. The number of carbonyl (C=O) groups excluding carboxylic acids is 1. The van der Waals surface area contributed by atoms with Crippen molar-refractivity contribution in [2.24, 2.45) is 23.5 Å². The summed E-state index contributed by atoms with van der Waals surface area (Å²) >= 11 is 5.65. The van der Waals surface area contributed by atoms with Gasteiger partial charge in [-0.3, -0.25) is 4.79 Å². The molecule has 1 fully saturated rings. The first kappa shape index (κ1) is 12.3. The van der Waals surface area contributed by atoms with Crippen molar-refractivity contribution < 1.29 is 9.18 Å². The van der Waals surface area contributed by atoms with Crippen LogP contribution in [0.15, 0.2) is 18.3 Å². The molecule has 7 heteroatoms. The highest BCUT2D eigenvalue weighted by Crippen LogP contribution is 2.44. The fourth-order valence-corrected chi connectivity index (χ4v) is 3.14. The second-order valence-corrected chi connectivity index (χ2v) is 5.22. The van der Waals surface area contributed by atoms with Crippen molar-refractivity contribution in [1.82, 2.24) is 9.97 Å².